The van der Waals surface area contributed by atoms with E-state index in [0.717, 1.165) is 0 Å². The molecule has 0 aliphatic heterocycles. The number of hydrogen-bond donors (Lipinski definition) is 6. The van der Waals surface area contributed by atoms with Crippen LogP contribution in [0, 0.1) is 0 Å². The van der Waals surface area contributed by atoms with Gasteiger partial charge in [0.05, 0.1) is 12.7 Å². The number of likely N-dealkylation sites (N-methyl/N-ethyl adjacent to an activating group) is 1. The van der Waals surface area contributed by atoms with Crippen LogP contribution in [0.5, 0.6) is 0 Å². The number of thiol groups is 1. The van der Waals surface area contributed by atoms with E-state index in [4.69, 9.17) is 5.11 Å². The van der Waals surface area contributed by atoms with Crippen molar-refractivity contribution in [1.29, 1.82) is 0 Å². The standard InChI is InChI=1S/C11H23NO6S/c1-3-4-8(15)11(18,9(16)6-13)10(17)7(14)5-12(2)19/h7,9-10,13-14,16-19H,3-6H2,1-2H3/t7-,9+,10+,11+/m0/s1. The molecule has 0 spiro atoms. The minimum absolute atomic E-state index is 0.0892. The lowest BCUT2D eigenvalue weighted by Gasteiger charge is -2.37. The number of carbonyl (C=O) groups is 1. The van der Waals surface area contributed by atoms with E-state index in [9.17, 15) is 25.2 Å². The van der Waals surface area contributed by atoms with Crippen LogP contribution in [-0.2, 0) is 4.79 Å². The molecule has 8 heteroatoms. The minimum Gasteiger partial charge on any atom is -0.394 e. The van der Waals surface area contributed by atoms with Gasteiger partial charge in [0, 0.05) is 13.0 Å². The van der Waals surface area contributed by atoms with E-state index in [1.54, 1.807) is 6.92 Å². The first kappa shape index (κ1) is 18.8. The van der Waals surface area contributed by atoms with E-state index in [0.29, 0.717) is 6.42 Å². The van der Waals surface area contributed by atoms with Gasteiger partial charge in [-0.3, -0.25) is 9.10 Å². The van der Waals surface area contributed by atoms with Crippen LogP contribution in [0.1, 0.15) is 19.8 Å². The SMILES string of the molecule is CCCC(=O)[C@@](O)([C@H](O)CO)[C@H](O)[C@@H](O)CN(C)S. The van der Waals surface area contributed by atoms with Gasteiger partial charge in [-0.15, -0.1) is 0 Å². The van der Waals surface area contributed by atoms with Gasteiger partial charge in [-0.2, -0.15) is 0 Å². The topological polar surface area (TPSA) is 121 Å². The molecule has 0 saturated heterocycles. The van der Waals surface area contributed by atoms with Crippen LogP contribution >= 0.6 is 12.8 Å². The summed E-state index contributed by atoms with van der Waals surface area (Å²) < 4.78 is 1.25. The van der Waals surface area contributed by atoms with Crippen molar-refractivity contribution in [1.82, 2.24) is 4.31 Å². The molecule has 0 aromatic rings. The van der Waals surface area contributed by atoms with Gasteiger partial charge in [-0.05, 0) is 13.5 Å². The summed E-state index contributed by atoms with van der Waals surface area (Å²) in [5.41, 5.74) is -2.60. The van der Waals surface area contributed by atoms with Crippen molar-refractivity contribution < 1.29 is 30.3 Å². The monoisotopic (exact) mass is 297 g/mol. The molecule has 0 radical (unpaired) electrons. The van der Waals surface area contributed by atoms with Gasteiger partial charge in [-0.25, -0.2) is 0 Å². The Morgan fingerprint density at radius 2 is 1.89 bits per heavy atom. The summed E-state index contributed by atoms with van der Waals surface area (Å²) in [6.07, 6.45) is -5.00. The summed E-state index contributed by atoms with van der Waals surface area (Å²) in [6, 6.07) is 0. The molecular weight excluding hydrogens is 274 g/mol. The number of aliphatic hydroxyl groups is 5. The molecule has 0 bridgehead atoms. The van der Waals surface area contributed by atoms with Gasteiger partial charge < -0.3 is 25.5 Å². The molecule has 0 amide bonds. The molecule has 0 rings (SSSR count). The summed E-state index contributed by atoms with van der Waals surface area (Å²) in [7, 11) is 1.51. The fraction of sp³-hybridized carbons (Fsp3) is 0.909. The molecule has 5 N–H and O–H groups in total. The molecule has 0 aliphatic rings. The van der Waals surface area contributed by atoms with Crippen molar-refractivity contribution in [2.24, 2.45) is 0 Å². The maximum Gasteiger partial charge on any atom is 0.179 e. The normalized spacial score (nSPS) is 19.8. The van der Waals surface area contributed by atoms with Crippen LogP contribution in [-0.4, -0.2) is 79.7 Å². The Hall–Kier alpha value is -0.220. The predicted octanol–water partition coefficient (Wildman–Crippen LogP) is -2.06. The molecule has 0 saturated carbocycles. The lowest BCUT2D eigenvalue weighted by atomic mass is 9.81. The van der Waals surface area contributed by atoms with Crippen molar-refractivity contribution in [3.05, 3.63) is 0 Å². The summed E-state index contributed by atoms with van der Waals surface area (Å²) in [6.45, 7) is 0.643. The Balaban J connectivity index is 5.17. The summed E-state index contributed by atoms with van der Waals surface area (Å²) in [4.78, 5) is 11.9. The van der Waals surface area contributed by atoms with Gasteiger partial charge >= 0.3 is 0 Å². The molecular formula is C11H23NO6S. The number of nitrogens with zero attached hydrogens (tertiary/aromatic N) is 1. The molecule has 19 heavy (non-hydrogen) atoms. The number of aliphatic hydroxyl groups excluding tert-OH is 4. The smallest absolute Gasteiger partial charge is 0.179 e. The Bertz CT molecular complexity index is 290. The van der Waals surface area contributed by atoms with Crippen LogP contribution in [0.25, 0.3) is 0 Å². The van der Waals surface area contributed by atoms with Gasteiger partial charge in [0.15, 0.2) is 11.4 Å². The maximum absolute atomic E-state index is 11.9. The molecule has 4 atom stereocenters. The highest BCUT2D eigenvalue weighted by Crippen LogP contribution is 2.23. The average Bonchev–Trinajstić information content (AvgIpc) is 2.35. The lowest BCUT2D eigenvalue weighted by molar-refractivity contribution is -0.193. The van der Waals surface area contributed by atoms with Gasteiger partial charge in [0.2, 0.25) is 0 Å². The molecule has 114 valence electrons. The highest BCUT2D eigenvalue weighted by atomic mass is 32.1. The third-order valence-electron chi connectivity index (χ3n) is 2.87. The zero-order chi connectivity index (χ0) is 15.2. The quantitative estimate of drug-likeness (QED) is 0.271. The second kappa shape index (κ2) is 8.15. The predicted molar refractivity (Wildman–Crippen MR) is 71.6 cm³/mol. The van der Waals surface area contributed by atoms with Crippen molar-refractivity contribution in [3.8, 4) is 0 Å². The van der Waals surface area contributed by atoms with Crippen molar-refractivity contribution in [2.45, 2.75) is 43.7 Å². The fourth-order valence-electron chi connectivity index (χ4n) is 1.78. The third kappa shape index (κ3) is 4.67. The van der Waals surface area contributed by atoms with Crippen LogP contribution in [0.2, 0.25) is 0 Å². The Morgan fingerprint density at radius 3 is 2.26 bits per heavy atom. The molecule has 0 heterocycles. The van der Waals surface area contributed by atoms with Crippen molar-refractivity contribution >= 4 is 18.6 Å². The Morgan fingerprint density at radius 1 is 1.37 bits per heavy atom. The van der Waals surface area contributed by atoms with E-state index in [-0.39, 0.29) is 13.0 Å². The van der Waals surface area contributed by atoms with Gasteiger partial charge in [0.1, 0.15) is 12.2 Å². The van der Waals surface area contributed by atoms with Gasteiger partial charge in [-0.1, -0.05) is 19.7 Å². The van der Waals surface area contributed by atoms with Crippen molar-refractivity contribution in [3.63, 3.8) is 0 Å². The first-order valence-electron chi connectivity index (χ1n) is 6.02. The van der Waals surface area contributed by atoms with E-state index < -0.39 is 36.3 Å². The molecule has 0 unspecified atom stereocenters. The van der Waals surface area contributed by atoms with E-state index in [2.05, 4.69) is 12.8 Å². The number of hydrogen-bond acceptors (Lipinski definition) is 8. The number of ketones is 1. The zero-order valence-corrected chi connectivity index (χ0v) is 12.0. The second-order valence-corrected chi connectivity index (χ2v) is 5.23. The van der Waals surface area contributed by atoms with E-state index in [1.165, 1.54) is 11.4 Å². The molecule has 0 aromatic carbocycles. The third-order valence-corrected chi connectivity index (χ3v) is 3.03. The van der Waals surface area contributed by atoms with Crippen LogP contribution in [0.3, 0.4) is 0 Å². The summed E-state index contributed by atoms with van der Waals surface area (Å²) in [5.74, 6) is -0.829. The van der Waals surface area contributed by atoms with Crippen molar-refractivity contribution in [2.75, 3.05) is 20.2 Å². The largest absolute Gasteiger partial charge is 0.394 e. The highest BCUT2D eigenvalue weighted by molar-refractivity contribution is 7.77. The summed E-state index contributed by atoms with van der Waals surface area (Å²) >= 11 is 3.88. The number of rotatable bonds is 9. The van der Waals surface area contributed by atoms with Crippen LogP contribution in [0.4, 0.5) is 0 Å². The maximum atomic E-state index is 11.9. The Labute approximate surface area is 118 Å². The number of carbonyl (C=O) groups excluding carboxylic acids is 1. The molecule has 0 fully saturated rings. The van der Waals surface area contributed by atoms with E-state index in [1.807, 2.05) is 0 Å². The summed E-state index contributed by atoms with van der Waals surface area (Å²) in [5, 5.41) is 48.4. The van der Waals surface area contributed by atoms with E-state index >= 15 is 0 Å². The highest BCUT2D eigenvalue weighted by Gasteiger charge is 2.51. The Kier molecular flexibility index (Phi) is 8.06. The first-order valence-corrected chi connectivity index (χ1v) is 6.42. The lowest BCUT2D eigenvalue weighted by Crippen LogP contribution is -2.63. The first-order chi connectivity index (χ1) is 8.71. The van der Waals surface area contributed by atoms with Crippen LogP contribution in [0.15, 0.2) is 0 Å². The second-order valence-electron chi connectivity index (χ2n) is 4.55. The fourth-order valence-corrected chi connectivity index (χ4v) is 1.95. The zero-order valence-electron chi connectivity index (χ0n) is 11.1. The number of Topliss-reactive ketones (excluding diaryl/α,β-unsaturated/α-hetero) is 1. The van der Waals surface area contributed by atoms with Gasteiger partial charge in [0.25, 0.3) is 0 Å². The average molecular weight is 297 g/mol. The molecule has 7 nitrogen and oxygen atoms in total. The van der Waals surface area contributed by atoms with Crippen LogP contribution < -0.4 is 0 Å². The molecule has 0 aromatic heterocycles. The molecule has 0 aliphatic carbocycles. The minimum atomic E-state index is -2.60.